The molecule has 0 bridgehead atoms. The number of rotatable bonds is 4. The van der Waals surface area contributed by atoms with E-state index in [1.807, 2.05) is 36.2 Å². The maximum absolute atomic E-state index is 12.6. The molecule has 1 atom stereocenters. The molecule has 144 valence electrons. The van der Waals surface area contributed by atoms with Crippen molar-refractivity contribution in [2.45, 2.75) is 38.3 Å². The number of amides is 3. The summed E-state index contributed by atoms with van der Waals surface area (Å²) in [4.78, 5) is 31.9. The fourth-order valence-corrected chi connectivity index (χ4v) is 3.96. The number of fused-ring (bicyclic) bond motifs is 1. The average molecular weight is 389 g/mol. The minimum absolute atomic E-state index is 0.0722. The minimum atomic E-state index is -0.114. The Morgan fingerprint density at radius 2 is 2.11 bits per heavy atom. The van der Waals surface area contributed by atoms with Crippen LogP contribution in [0.3, 0.4) is 0 Å². The van der Waals surface area contributed by atoms with E-state index in [0.29, 0.717) is 18.1 Å². The van der Waals surface area contributed by atoms with E-state index in [2.05, 4.69) is 10.3 Å². The summed E-state index contributed by atoms with van der Waals surface area (Å²) in [5.41, 5.74) is 1.93. The molecule has 0 unspecified atom stereocenters. The summed E-state index contributed by atoms with van der Waals surface area (Å²) in [7, 11) is 1.82. The first-order valence-corrected chi connectivity index (χ1v) is 9.95. The molecule has 6 nitrogen and oxygen atoms in total. The lowest BCUT2D eigenvalue weighted by Crippen LogP contribution is -2.52. The van der Waals surface area contributed by atoms with Gasteiger partial charge in [0.2, 0.25) is 5.91 Å². The SMILES string of the molecule is CN(C(=O)NCc1cc2cc(Cl)ccc2[nH]1)[C@@H]1CCCN(C(=O)C2CC2)C1. The van der Waals surface area contributed by atoms with Crippen LogP contribution in [0, 0.1) is 5.92 Å². The fraction of sp³-hybridized carbons (Fsp3) is 0.500. The lowest BCUT2D eigenvalue weighted by Gasteiger charge is -2.37. The summed E-state index contributed by atoms with van der Waals surface area (Å²) < 4.78 is 0. The smallest absolute Gasteiger partial charge is 0.317 e. The predicted molar refractivity (Wildman–Crippen MR) is 106 cm³/mol. The Bertz CT molecular complexity index is 861. The first-order valence-electron chi connectivity index (χ1n) is 9.58. The number of halogens is 1. The number of hydrogen-bond acceptors (Lipinski definition) is 2. The first-order chi connectivity index (χ1) is 13.0. The van der Waals surface area contributed by atoms with Crippen molar-refractivity contribution < 1.29 is 9.59 Å². The summed E-state index contributed by atoms with van der Waals surface area (Å²) in [6.07, 6.45) is 3.92. The molecule has 0 radical (unpaired) electrons. The first kappa shape index (κ1) is 18.2. The molecule has 1 saturated heterocycles. The number of likely N-dealkylation sites (tertiary alicyclic amines) is 1. The van der Waals surface area contributed by atoms with Gasteiger partial charge in [-0.2, -0.15) is 0 Å². The second kappa shape index (κ2) is 7.43. The summed E-state index contributed by atoms with van der Waals surface area (Å²) in [5, 5.41) is 4.69. The fourth-order valence-electron chi connectivity index (χ4n) is 3.78. The van der Waals surface area contributed by atoms with E-state index in [9.17, 15) is 9.59 Å². The highest BCUT2D eigenvalue weighted by Gasteiger charge is 2.36. The van der Waals surface area contributed by atoms with Gasteiger partial charge < -0.3 is 20.1 Å². The van der Waals surface area contributed by atoms with Gasteiger partial charge >= 0.3 is 6.03 Å². The third-order valence-corrected chi connectivity index (χ3v) is 5.81. The Kier molecular flexibility index (Phi) is 5.00. The van der Waals surface area contributed by atoms with Crippen LogP contribution < -0.4 is 5.32 Å². The van der Waals surface area contributed by atoms with Gasteiger partial charge in [0.15, 0.2) is 0 Å². The van der Waals surface area contributed by atoms with Crippen LogP contribution in [0.25, 0.3) is 10.9 Å². The van der Waals surface area contributed by atoms with E-state index in [1.165, 1.54) is 0 Å². The molecule has 2 aromatic rings. The molecule has 2 aliphatic rings. The van der Waals surface area contributed by atoms with E-state index in [-0.39, 0.29) is 23.9 Å². The molecule has 2 fully saturated rings. The van der Waals surface area contributed by atoms with Gasteiger partial charge in [0, 0.05) is 47.7 Å². The van der Waals surface area contributed by atoms with Crippen molar-refractivity contribution in [1.82, 2.24) is 20.1 Å². The zero-order chi connectivity index (χ0) is 19.0. The van der Waals surface area contributed by atoms with Crippen molar-refractivity contribution >= 4 is 34.4 Å². The van der Waals surface area contributed by atoms with Crippen molar-refractivity contribution in [2.75, 3.05) is 20.1 Å². The van der Waals surface area contributed by atoms with Crippen LogP contribution in [-0.4, -0.2) is 52.9 Å². The maximum Gasteiger partial charge on any atom is 0.317 e. The third kappa shape index (κ3) is 4.05. The van der Waals surface area contributed by atoms with E-state index < -0.39 is 0 Å². The number of likely N-dealkylation sites (N-methyl/N-ethyl adjacent to an activating group) is 1. The number of carbonyl (C=O) groups is 2. The van der Waals surface area contributed by atoms with Gasteiger partial charge in [0.05, 0.1) is 12.6 Å². The van der Waals surface area contributed by atoms with Crippen LogP contribution in [0.1, 0.15) is 31.4 Å². The van der Waals surface area contributed by atoms with Gasteiger partial charge in [-0.25, -0.2) is 4.79 Å². The van der Waals surface area contributed by atoms with Crippen LogP contribution in [0.4, 0.5) is 4.79 Å². The number of aromatic amines is 1. The average Bonchev–Trinajstić information content (AvgIpc) is 3.45. The van der Waals surface area contributed by atoms with Crippen LogP contribution in [0.2, 0.25) is 5.02 Å². The lowest BCUT2D eigenvalue weighted by molar-refractivity contribution is -0.134. The van der Waals surface area contributed by atoms with E-state index >= 15 is 0 Å². The topological polar surface area (TPSA) is 68.4 Å². The Balaban J connectivity index is 1.33. The highest BCUT2D eigenvalue weighted by atomic mass is 35.5. The maximum atomic E-state index is 12.6. The van der Waals surface area contributed by atoms with Gasteiger partial charge in [-0.1, -0.05) is 11.6 Å². The van der Waals surface area contributed by atoms with Gasteiger partial charge in [0.25, 0.3) is 0 Å². The monoisotopic (exact) mass is 388 g/mol. The number of carbonyl (C=O) groups excluding carboxylic acids is 2. The largest absolute Gasteiger partial charge is 0.357 e. The second-order valence-electron chi connectivity index (χ2n) is 7.65. The van der Waals surface area contributed by atoms with Gasteiger partial charge in [-0.15, -0.1) is 0 Å². The number of piperidine rings is 1. The molecule has 1 aliphatic heterocycles. The molecule has 1 aromatic heterocycles. The van der Waals surface area contributed by atoms with Crippen LogP contribution in [0.15, 0.2) is 24.3 Å². The molecule has 27 heavy (non-hydrogen) atoms. The van der Waals surface area contributed by atoms with Gasteiger partial charge in [0.1, 0.15) is 0 Å². The number of nitrogens with one attached hydrogen (secondary N) is 2. The zero-order valence-electron chi connectivity index (χ0n) is 15.5. The van der Waals surface area contributed by atoms with Crippen LogP contribution in [-0.2, 0) is 11.3 Å². The molecule has 4 rings (SSSR count). The van der Waals surface area contributed by atoms with Gasteiger partial charge in [-0.3, -0.25) is 4.79 Å². The number of benzene rings is 1. The molecule has 0 spiro atoms. The molecule has 7 heteroatoms. The second-order valence-corrected chi connectivity index (χ2v) is 8.09. The Morgan fingerprint density at radius 1 is 1.30 bits per heavy atom. The molecule has 1 aliphatic carbocycles. The Labute approximate surface area is 163 Å². The number of aromatic nitrogens is 1. The molecule has 1 aromatic carbocycles. The summed E-state index contributed by atoms with van der Waals surface area (Å²) in [6.45, 7) is 1.88. The summed E-state index contributed by atoms with van der Waals surface area (Å²) in [6, 6.07) is 7.63. The number of H-pyrrole nitrogens is 1. The summed E-state index contributed by atoms with van der Waals surface area (Å²) >= 11 is 6.02. The van der Waals surface area contributed by atoms with Crippen molar-refractivity contribution in [3.05, 3.63) is 35.0 Å². The predicted octanol–water partition coefficient (Wildman–Crippen LogP) is 3.36. The highest BCUT2D eigenvalue weighted by Crippen LogP contribution is 2.32. The van der Waals surface area contributed by atoms with Crippen molar-refractivity contribution in [1.29, 1.82) is 0 Å². The van der Waals surface area contributed by atoms with Crippen LogP contribution in [0.5, 0.6) is 0 Å². The molecule has 2 heterocycles. The van der Waals surface area contributed by atoms with Crippen molar-refractivity contribution in [3.8, 4) is 0 Å². The number of nitrogens with zero attached hydrogens (tertiary/aromatic N) is 2. The lowest BCUT2D eigenvalue weighted by atomic mass is 10.0. The quantitative estimate of drug-likeness (QED) is 0.843. The van der Waals surface area contributed by atoms with E-state index in [4.69, 9.17) is 11.6 Å². The minimum Gasteiger partial charge on any atom is -0.357 e. The van der Waals surface area contributed by atoms with E-state index in [0.717, 1.165) is 48.8 Å². The molecule has 3 amide bonds. The van der Waals surface area contributed by atoms with Crippen molar-refractivity contribution in [3.63, 3.8) is 0 Å². The normalized spacial score (nSPS) is 19.9. The highest BCUT2D eigenvalue weighted by molar-refractivity contribution is 6.31. The Hall–Kier alpha value is -2.21. The molecular formula is C20H25ClN4O2. The molecule has 2 N–H and O–H groups in total. The number of hydrogen-bond donors (Lipinski definition) is 2. The van der Waals surface area contributed by atoms with E-state index in [1.54, 1.807) is 4.90 Å². The van der Waals surface area contributed by atoms with Crippen molar-refractivity contribution in [2.24, 2.45) is 5.92 Å². The van der Waals surface area contributed by atoms with Gasteiger partial charge in [-0.05, 0) is 49.9 Å². The third-order valence-electron chi connectivity index (χ3n) is 5.57. The van der Waals surface area contributed by atoms with Crippen LogP contribution >= 0.6 is 11.6 Å². The molecule has 1 saturated carbocycles. The summed E-state index contributed by atoms with van der Waals surface area (Å²) in [5.74, 6) is 0.503. The zero-order valence-corrected chi connectivity index (χ0v) is 16.3. The standard InChI is InChI=1S/C20H25ClN4O2/c1-24(17-3-2-8-25(12-17)19(26)13-4-5-13)20(27)22-11-16-10-14-9-15(21)6-7-18(14)23-16/h6-7,9-10,13,17,23H,2-5,8,11-12H2,1H3,(H,22,27)/t17-/m1/s1. The molecular weight excluding hydrogens is 364 g/mol. The number of urea groups is 1. The Morgan fingerprint density at radius 3 is 2.89 bits per heavy atom.